The third-order valence-electron chi connectivity index (χ3n) is 8.05. The maximum atomic E-state index is 4.28. The van der Waals surface area contributed by atoms with Gasteiger partial charge < -0.3 is 0 Å². The fourth-order valence-electron chi connectivity index (χ4n) is 6.26. The van der Waals surface area contributed by atoms with Gasteiger partial charge >= 0.3 is 0 Å². The number of hydrogen-bond acceptors (Lipinski definition) is 2. The number of fused-ring (bicyclic) bond motifs is 3. The first-order valence-electron chi connectivity index (χ1n) is 13.4. The summed E-state index contributed by atoms with van der Waals surface area (Å²) in [4.78, 5) is 8.56. The van der Waals surface area contributed by atoms with Crippen molar-refractivity contribution in [2.24, 2.45) is 0 Å². The highest BCUT2D eigenvalue weighted by Crippen LogP contribution is 2.55. The fraction of sp³-hybridized carbons (Fsp3) is 0.0811. The molecule has 1 aliphatic carbocycles. The molecule has 39 heavy (non-hydrogen) atoms. The van der Waals surface area contributed by atoms with Crippen LogP contribution in [0, 0.1) is 0 Å². The molecule has 0 spiro atoms. The van der Waals surface area contributed by atoms with E-state index in [1.807, 2.05) is 36.9 Å². The second-order valence-corrected chi connectivity index (χ2v) is 10.7. The van der Waals surface area contributed by atoms with E-state index in [0.717, 1.165) is 11.1 Å². The monoisotopic (exact) mass is 500 g/mol. The van der Waals surface area contributed by atoms with Crippen molar-refractivity contribution < 1.29 is 0 Å². The first-order valence-corrected chi connectivity index (χ1v) is 13.4. The Morgan fingerprint density at radius 3 is 1.15 bits per heavy atom. The Morgan fingerprint density at radius 1 is 0.385 bits per heavy atom. The zero-order valence-electron chi connectivity index (χ0n) is 22.1. The van der Waals surface area contributed by atoms with Crippen LogP contribution in [0.4, 0.5) is 0 Å². The van der Waals surface area contributed by atoms with Gasteiger partial charge in [-0.2, -0.15) is 0 Å². The molecule has 0 fully saturated rings. The molecule has 6 aromatic rings. The zero-order chi connectivity index (χ0) is 26.4. The van der Waals surface area contributed by atoms with Gasteiger partial charge in [-0.25, -0.2) is 0 Å². The van der Waals surface area contributed by atoms with Gasteiger partial charge in [0.2, 0.25) is 0 Å². The molecule has 1 aliphatic rings. The molecule has 0 saturated carbocycles. The predicted octanol–water partition coefficient (Wildman–Crippen LogP) is 9.45. The minimum Gasteiger partial charge on any atom is -0.264 e. The second kappa shape index (κ2) is 9.18. The van der Waals surface area contributed by atoms with Gasteiger partial charge in [0.1, 0.15) is 0 Å². The van der Waals surface area contributed by atoms with Crippen molar-refractivity contribution in [1.29, 1.82) is 0 Å². The molecule has 2 aromatic heterocycles. The minimum atomic E-state index is -0.151. The Morgan fingerprint density at radius 2 is 0.769 bits per heavy atom. The smallest absolute Gasteiger partial charge is 0.0346 e. The van der Waals surface area contributed by atoms with Crippen molar-refractivity contribution in [2.75, 3.05) is 0 Å². The Balaban J connectivity index is 1.31. The number of rotatable bonds is 4. The Labute approximate surface area is 229 Å². The van der Waals surface area contributed by atoms with Crippen molar-refractivity contribution in [3.05, 3.63) is 145 Å². The summed E-state index contributed by atoms with van der Waals surface area (Å²) in [5.41, 5.74) is 15.0. The van der Waals surface area contributed by atoms with Gasteiger partial charge in [0.15, 0.2) is 0 Å². The number of hydrogen-bond donors (Lipinski definition) is 0. The van der Waals surface area contributed by atoms with Gasteiger partial charge in [0.25, 0.3) is 0 Å². The Bertz CT molecular complexity index is 1650. The summed E-state index contributed by atoms with van der Waals surface area (Å²) in [6.07, 6.45) is 7.46. The lowest BCUT2D eigenvalue weighted by Crippen LogP contribution is -2.17. The molecule has 0 amide bonds. The van der Waals surface area contributed by atoms with Crippen molar-refractivity contribution in [2.45, 2.75) is 19.3 Å². The first kappa shape index (κ1) is 23.3. The molecule has 2 nitrogen and oxygen atoms in total. The van der Waals surface area contributed by atoms with E-state index < -0.39 is 0 Å². The highest BCUT2D eigenvalue weighted by molar-refractivity contribution is 5.93. The number of nitrogens with zero attached hydrogens (tertiary/aromatic N) is 2. The molecule has 0 radical (unpaired) electrons. The highest BCUT2D eigenvalue weighted by Gasteiger charge is 2.39. The molecule has 0 N–H and O–H groups in total. The lowest BCUT2D eigenvalue weighted by atomic mass is 9.76. The molecular formula is C37H28N2. The topological polar surface area (TPSA) is 25.8 Å². The van der Waals surface area contributed by atoms with E-state index in [1.54, 1.807) is 0 Å². The summed E-state index contributed by atoms with van der Waals surface area (Å²) < 4.78 is 0. The van der Waals surface area contributed by atoms with E-state index in [-0.39, 0.29) is 5.41 Å². The molecule has 0 bridgehead atoms. The average Bonchev–Trinajstić information content (AvgIpc) is 3.25. The quantitative estimate of drug-likeness (QED) is 0.241. The lowest BCUT2D eigenvalue weighted by molar-refractivity contribution is 0.664. The van der Waals surface area contributed by atoms with Crippen LogP contribution in [0.25, 0.3) is 55.6 Å². The van der Waals surface area contributed by atoms with Crippen LogP contribution >= 0.6 is 0 Å². The standard InChI is InChI=1S/C37H28N2/c1-37(2)35-31(27-17-13-25(14-18-27)29-7-5-21-38-23-29)9-3-11-33(35)34-12-4-10-32(36(34)37)28-19-15-26(16-20-28)30-8-6-22-39-24-30/h3-24H,1-2H3. The Kier molecular flexibility index (Phi) is 5.49. The van der Waals surface area contributed by atoms with E-state index in [2.05, 4.69) is 121 Å². The summed E-state index contributed by atoms with van der Waals surface area (Å²) in [6, 6.07) is 39.5. The number of aromatic nitrogens is 2. The van der Waals surface area contributed by atoms with Crippen LogP contribution in [0.15, 0.2) is 134 Å². The summed E-state index contributed by atoms with van der Waals surface area (Å²) in [6.45, 7) is 4.75. The van der Waals surface area contributed by atoms with Crippen LogP contribution in [0.1, 0.15) is 25.0 Å². The summed E-state index contributed by atoms with van der Waals surface area (Å²) in [7, 11) is 0. The van der Waals surface area contributed by atoms with Crippen molar-refractivity contribution >= 4 is 0 Å². The molecule has 7 rings (SSSR count). The van der Waals surface area contributed by atoms with Crippen LogP contribution in [0.3, 0.4) is 0 Å². The Hall–Kier alpha value is -4.82. The minimum absolute atomic E-state index is 0.151. The van der Waals surface area contributed by atoms with Gasteiger partial charge in [-0.3, -0.25) is 9.97 Å². The molecule has 0 saturated heterocycles. The summed E-state index contributed by atoms with van der Waals surface area (Å²) >= 11 is 0. The van der Waals surface area contributed by atoms with Crippen LogP contribution in [-0.2, 0) is 5.41 Å². The molecule has 0 atom stereocenters. The van der Waals surface area contributed by atoms with Crippen LogP contribution in [0.5, 0.6) is 0 Å². The molecule has 0 unspecified atom stereocenters. The van der Waals surface area contributed by atoms with Gasteiger partial charge in [-0.15, -0.1) is 0 Å². The molecule has 4 aromatic carbocycles. The van der Waals surface area contributed by atoms with Gasteiger partial charge in [0, 0.05) is 30.2 Å². The first-order chi connectivity index (χ1) is 19.1. The van der Waals surface area contributed by atoms with Crippen LogP contribution in [-0.4, -0.2) is 9.97 Å². The number of benzene rings is 4. The lowest BCUT2D eigenvalue weighted by Gasteiger charge is -2.27. The van der Waals surface area contributed by atoms with Gasteiger partial charge in [-0.05, 0) is 78.9 Å². The van der Waals surface area contributed by atoms with Gasteiger partial charge in [0.05, 0.1) is 0 Å². The van der Waals surface area contributed by atoms with Crippen LogP contribution < -0.4 is 0 Å². The third kappa shape index (κ3) is 3.88. The maximum Gasteiger partial charge on any atom is 0.0346 e. The molecule has 2 heterocycles. The normalized spacial score (nSPS) is 13.1. The van der Waals surface area contributed by atoms with Crippen molar-refractivity contribution in [1.82, 2.24) is 9.97 Å². The molecular weight excluding hydrogens is 472 g/mol. The SMILES string of the molecule is CC1(C)c2c(-c3ccc(-c4cccnc4)cc3)cccc2-c2cccc(-c3ccc(-c4cccnc4)cc3)c21. The second-order valence-electron chi connectivity index (χ2n) is 10.7. The average molecular weight is 501 g/mol. The largest absolute Gasteiger partial charge is 0.264 e. The third-order valence-corrected chi connectivity index (χ3v) is 8.05. The summed E-state index contributed by atoms with van der Waals surface area (Å²) in [5.74, 6) is 0. The van der Waals surface area contributed by atoms with E-state index in [9.17, 15) is 0 Å². The van der Waals surface area contributed by atoms with E-state index in [4.69, 9.17) is 0 Å². The number of pyridine rings is 2. The fourth-order valence-corrected chi connectivity index (χ4v) is 6.26. The maximum absolute atomic E-state index is 4.28. The van der Waals surface area contributed by atoms with E-state index >= 15 is 0 Å². The van der Waals surface area contributed by atoms with Crippen LogP contribution in [0.2, 0.25) is 0 Å². The van der Waals surface area contributed by atoms with Crippen molar-refractivity contribution in [3.8, 4) is 55.6 Å². The van der Waals surface area contributed by atoms with E-state index in [1.165, 1.54) is 55.6 Å². The molecule has 186 valence electrons. The van der Waals surface area contributed by atoms with Gasteiger partial charge in [-0.1, -0.05) is 111 Å². The summed E-state index contributed by atoms with van der Waals surface area (Å²) in [5, 5.41) is 0. The van der Waals surface area contributed by atoms with E-state index in [0.29, 0.717) is 0 Å². The predicted molar refractivity (Wildman–Crippen MR) is 161 cm³/mol. The van der Waals surface area contributed by atoms with Crippen molar-refractivity contribution in [3.63, 3.8) is 0 Å². The molecule has 0 aliphatic heterocycles. The molecule has 2 heteroatoms. The highest BCUT2D eigenvalue weighted by atomic mass is 14.6. The zero-order valence-corrected chi connectivity index (χ0v) is 22.1.